The van der Waals surface area contributed by atoms with Crippen LogP contribution in [0.4, 0.5) is 0 Å². The summed E-state index contributed by atoms with van der Waals surface area (Å²) in [5.41, 5.74) is 0.853. The number of halogens is 2. The minimum atomic E-state index is 0.456. The highest BCUT2D eigenvalue weighted by molar-refractivity contribution is 9.10. The molecule has 0 radical (unpaired) electrons. The van der Waals surface area contributed by atoms with Gasteiger partial charge in [0.1, 0.15) is 15.9 Å². The second kappa shape index (κ2) is 3.98. The van der Waals surface area contributed by atoms with E-state index in [1.165, 1.54) is 0 Å². The lowest BCUT2D eigenvalue weighted by Gasteiger charge is -2.06. The van der Waals surface area contributed by atoms with Crippen molar-refractivity contribution in [2.45, 2.75) is 12.3 Å². The van der Waals surface area contributed by atoms with Crippen molar-refractivity contribution in [3.63, 3.8) is 0 Å². The van der Waals surface area contributed by atoms with Gasteiger partial charge in [-0.3, -0.25) is 4.40 Å². The molecule has 1 saturated heterocycles. The third-order valence-corrected chi connectivity index (χ3v) is 3.75. The van der Waals surface area contributed by atoms with Crippen molar-refractivity contribution in [3.05, 3.63) is 28.0 Å². The van der Waals surface area contributed by atoms with Crippen LogP contribution in [0.1, 0.15) is 18.2 Å². The van der Waals surface area contributed by atoms with Crippen LogP contribution in [-0.2, 0) is 0 Å². The second-order valence-electron chi connectivity index (χ2n) is 3.89. The summed E-state index contributed by atoms with van der Waals surface area (Å²) in [6, 6.07) is 0. The van der Waals surface area contributed by atoms with Gasteiger partial charge >= 0.3 is 0 Å². The molecule has 0 amide bonds. The summed E-state index contributed by atoms with van der Waals surface area (Å²) in [5.74, 6) is 1.51. The van der Waals surface area contributed by atoms with E-state index >= 15 is 0 Å². The first kappa shape index (κ1) is 10.5. The first-order valence-corrected chi connectivity index (χ1v) is 6.33. The molecule has 1 aliphatic rings. The lowest BCUT2D eigenvalue weighted by Crippen LogP contribution is -2.10. The van der Waals surface area contributed by atoms with Gasteiger partial charge < -0.3 is 5.32 Å². The molecule has 2 aromatic rings. The van der Waals surface area contributed by atoms with Crippen molar-refractivity contribution in [2.75, 3.05) is 13.1 Å². The molecule has 0 aliphatic carbocycles. The summed E-state index contributed by atoms with van der Waals surface area (Å²) >= 11 is 9.50. The first-order valence-electron chi connectivity index (χ1n) is 5.16. The van der Waals surface area contributed by atoms with E-state index in [9.17, 15) is 0 Å². The Kier molecular flexibility index (Phi) is 2.61. The van der Waals surface area contributed by atoms with Crippen molar-refractivity contribution >= 4 is 33.0 Å². The zero-order valence-electron chi connectivity index (χ0n) is 8.45. The van der Waals surface area contributed by atoms with E-state index in [2.05, 4.69) is 31.2 Å². The van der Waals surface area contributed by atoms with Crippen LogP contribution in [0.3, 0.4) is 0 Å². The Morgan fingerprint density at radius 3 is 3.19 bits per heavy atom. The van der Waals surface area contributed by atoms with Gasteiger partial charge in [-0.05, 0) is 28.9 Å². The summed E-state index contributed by atoms with van der Waals surface area (Å²) in [6.45, 7) is 2.03. The van der Waals surface area contributed by atoms with Gasteiger partial charge in [0.15, 0.2) is 5.15 Å². The van der Waals surface area contributed by atoms with Crippen LogP contribution < -0.4 is 5.32 Å². The molecule has 1 aliphatic heterocycles. The van der Waals surface area contributed by atoms with Gasteiger partial charge in [-0.2, -0.15) is 0 Å². The number of nitrogens with zero attached hydrogens (tertiary/aromatic N) is 3. The summed E-state index contributed by atoms with van der Waals surface area (Å²) in [6.07, 6.45) is 4.73. The molecule has 2 aromatic heterocycles. The molecule has 84 valence electrons. The third-order valence-electron chi connectivity index (χ3n) is 2.92. The SMILES string of the molecule is Clc1nccn2c([C@@H]3CCNC3)nc(Br)c12. The van der Waals surface area contributed by atoms with Gasteiger partial charge in [-0.15, -0.1) is 0 Å². The molecule has 3 rings (SSSR count). The van der Waals surface area contributed by atoms with Crippen molar-refractivity contribution < 1.29 is 0 Å². The lowest BCUT2D eigenvalue weighted by atomic mass is 10.1. The molecule has 0 aromatic carbocycles. The van der Waals surface area contributed by atoms with Crippen LogP contribution in [0.25, 0.3) is 5.52 Å². The van der Waals surface area contributed by atoms with E-state index < -0.39 is 0 Å². The van der Waals surface area contributed by atoms with Gasteiger partial charge in [0.25, 0.3) is 0 Å². The Hall–Kier alpha value is -0.650. The number of rotatable bonds is 1. The second-order valence-corrected chi connectivity index (χ2v) is 5.00. The number of nitrogens with one attached hydrogen (secondary N) is 1. The van der Waals surface area contributed by atoms with E-state index in [1.54, 1.807) is 6.20 Å². The lowest BCUT2D eigenvalue weighted by molar-refractivity contribution is 0.697. The largest absolute Gasteiger partial charge is 0.316 e. The average molecular weight is 302 g/mol. The molecule has 1 fully saturated rings. The molecule has 0 spiro atoms. The Labute approximate surface area is 106 Å². The monoisotopic (exact) mass is 300 g/mol. The van der Waals surface area contributed by atoms with Crippen molar-refractivity contribution in [2.24, 2.45) is 0 Å². The molecule has 1 N–H and O–H groups in total. The first-order chi connectivity index (χ1) is 7.77. The van der Waals surface area contributed by atoms with Gasteiger partial charge in [0.2, 0.25) is 0 Å². The maximum atomic E-state index is 6.06. The molecule has 0 bridgehead atoms. The molecule has 16 heavy (non-hydrogen) atoms. The van der Waals surface area contributed by atoms with Crippen LogP contribution in [-0.4, -0.2) is 27.5 Å². The van der Waals surface area contributed by atoms with Crippen LogP contribution >= 0.6 is 27.5 Å². The van der Waals surface area contributed by atoms with Crippen LogP contribution in [0.5, 0.6) is 0 Å². The zero-order chi connectivity index (χ0) is 11.1. The van der Waals surface area contributed by atoms with Gasteiger partial charge in [0, 0.05) is 24.9 Å². The number of hydrogen-bond acceptors (Lipinski definition) is 3. The Balaban J connectivity index is 2.22. The third kappa shape index (κ3) is 1.54. The minimum Gasteiger partial charge on any atom is -0.316 e. The molecule has 4 nitrogen and oxygen atoms in total. The quantitative estimate of drug-likeness (QED) is 0.878. The van der Waals surface area contributed by atoms with E-state index in [0.717, 1.165) is 35.5 Å². The average Bonchev–Trinajstić information content (AvgIpc) is 2.86. The summed E-state index contributed by atoms with van der Waals surface area (Å²) < 4.78 is 2.80. The summed E-state index contributed by atoms with van der Waals surface area (Å²) in [7, 11) is 0. The molecule has 3 heterocycles. The highest BCUT2D eigenvalue weighted by Gasteiger charge is 2.23. The van der Waals surface area contributed by atoms with Crippen LogP contribution in [0.15, 0.2) is 17.0 Å². The maximum absolute atomic E-state index is 6.06. The molecular formula is C10H10BrClN4. The highest BCUT2D eigenvalue weighted by Crippen LogP contribution is 2.29. The Bertz CT molecular complexity index is 533. The molecule has 0 unspecified atom stereocenters. The minimum absolute atomic E-state index is 0.456. The topological polar surface area (TPSA) is 42.2 Å². The standard InChI is InChI=1S/C10H10BrClN4/c11-8-7-9(12)14-3-4-16(7)10(15-8)6-1-2-13-5-6/h3-4,6,13H,1-2,5H2/t6-/m1/s1. The molecule has 1 atom stereocenters. The number of imidazole rings is 1. The van der Waals surface area contributed by atoms with E-state index in [-0.39, 0.29) is 0 Å². The van der Waals surface area contributed by atoms with E-state index in [0.29, 0.717) is 11.1 Å². The van der Waals surface area contributed by atoms with Gasteiger partial charge in [-0.1, -0.05) is 11.6 Å². The maximum Gasteiger partial charge on any atom is 0.155 e. The normalized spacial score (nSPS) is 20.8. The van der Waals surface area contributed by atoms with Crippen molar-refractivity contribution in [3.8, 4) is 0 Å². The summed E-state index contributed by atoms with van der Waals surface area (Å²) in [4.78, 5) is 8.61. The zero-order valence-corrected chi connectivity index (χ0v) is 10.8. The van der Waals surface area contributed by atoms with E-state index in [4.69, 9.17) is 11.6 Å². The fourth-order valence-corrected chi connectivity index (χ4v) is 3.06. The predicted octanol–water partition coefficient (Wildman–Crippen LogP) is 2.22. The molecule has 6 heteroatoms. The van der Waals surface area contributed by atoms with E-state index in [1.807, 2.05) is 10.6 Å². The van der Waals surface area contributed by atoms with Gasteiger partial charge in [0.05, 0.1) is 0 Å². The van der Waals surface area contributed by atoms with Gasteiger partial charge in [-0.25, -0.2) is 9.97 Å². The van der Waals surface area contributed by atoms with Crippen molar-refractivity contribution in [1.29, 1.82) is 0 Å². The number of aromatic nitrogens is 3. The fourth-order valence-electron chi connectivity index (χ4n) is 2.15. The highest BCUT2D eigenvalue weighted by atomic mass is 79.9. The number of hydrogen-bond donors (Lipinski definition) is 1. The Morgan fingerprint density at radius 1 is 1.56 bits per heavy atom. The van der Waals surface area contributed by atoms with Crippen LogP contribution in [0.2, 0.25) is 5.15 Å². The van der Waals surface area contributed by atoms with Crippen LogP contribution in [0, 0.1) is 0 Å². The van der Waals surface area contributed by atoms with Crippen molar-refractivity contribution in [1.82, 2.24) is 19.7 Å². The smallest absolute Gasteiger partial charge is 0.155 e. The fraction of sp³-hybridized carbons (Fsp3) is 0.400. The molecular weight excluding hydrogens is 291 g/mol. The predicted molar refractivity (Wildman–Crippen MR) is 65.9 cm³/mol. The Morgan fingerprint density at radius 2 is 2.44 bits per heavy atom. The number of fused-ring (bicyclic) bond motifs is 1. The molecule has 0 saturated carbocycles. The summed E-state index contributed by atoms with van der Waals surface area (Å²) in [5, 5.41) is 3.83.